The van der Waals surface area contributed by atoms with Crippen molar-refractivity contribution in [3.8, 4) is 5.88 Å². The summed E-state index contributed by atoms with van der Waals surface area (Å²) in [6.45, 7) is 4.93. The molecule has 1 rings (SSSR count). The van der Waals surface area contributed by atoms with Crippen LogP contribution in [-0.4, -0.2) is 11.6 Å². The van der Waals surface area contributed by atoms with Crippen molar-refractivity contribution in [3.63, 3.8) is 0 Å². The van der Waals surface area contributed by atoms with E-state index in [1.807, 2.05) is 12.1 Å². The third-order valence-corrected chi connectivity index (χ3v) is 1.75. The van der Waals surface area contributed by atoms with Crippen molar-refractivity contribution < 1.29 is 4.74 Å². The quantitative estimate of drug-likeness (QED) is 0.796. The summed E-state index contributed by atoms with van der Waals surface area (Å²) < 4.78 is 6.40. The lowest BCUT2D eigenvalue weighted by molar-refractivity contribution is 0.261. The maximum Gasteiger partial charge on any atom is 0.214 e. The molecule has 0 amide bonds. The fourth-order valence-corrected chi connectivity index (χ4v) is 1.03. The molecule has 1 aromatic heterocycles. The lowest BCUT2D eigenvalue weighted by atomic mass is 10.2. The van der Waals surface area contributed by atoms with E-state index in [-0.39, 0.29) is 0 Å². The molecular formula is C9H12BrNO. The van der Waals surface area contributed by atoms with Gasteiger partial charge in [0, 0.05) is 16.7 Å². The van der Waals surface area contributed by atoms with Gasteiger partial charge in [-0.2, -0.15) is 0 Å². The Bertz CT molecular complexity index is 250. The molecule has 0 N–H and O–H groups in total. The highest BCUT2D eigenvalue weighted by Gasteiger charge is 1.97. The Hall–Kier alpha value is -0.570. The predicted molar refractivity (Wildman–Crippen MR) is 52.3 cm³/mol. The maximum atomic E-state index is 5.41. The zero-order valence-corrected chi connectivity index (χ0v) is 8.84. The van der Waals surface area contributed by atoms with Crippen LogP contribution in [0.3, 0.4) is 0 Å². The third-order valence-electron chi connectivity index (χ3n) is 1.26. The molecule has 1 aromatic rings. The first-order chi connectivity index (χ1) is 5.68. The van der Waals surface area contributed by atoms with E-state index >= 15 is 0 Å². The van der Waals surface area contributed by atoms with Crippen LogP contribution in [0.25, 0.3) is 0 Å². The number of hydrogen-bond acceptors (Lipinski definition) is 2. The minimum absolute atomic E-state index is 0.533. The molecule has 0 spiro atoms. The molecule has 66 valence electrons. The van der Waals surface area contributed by atoms with Crippen molar-refractivity contribution in [2.24, 2.45) is 5.92 Å². The van der Waals surface area contributed by atoms with Crippen molar-refractivity contribution in [3.05, 3.63) is 22.8 Å². The van der Waals surface area contributed by atoms with Crippen LogP contribution in [0.2, 0.25) is 0 Å². The number of hydrogen-bond donors (Lipinski definition) is 0. The first-order valence-electron chi connectivity index (χ1n) is 3.93. The molecule has 12 heavy (non-hydrogen) atoms. The second-order valence-corrected chi connectivity index (χ2v) is 3.93. The first-order valence-corrected chi connectivity index (χ1v) is 4.72. The van der Waals surface area contributed by atoms with E-state index in [0.717, 1.165) is 4.47 Å². The Morgan fingerprint density at radius 1 is 1.58 bits per heavy atom. The average Bonchev–Trinajstić information content (AvgIpc) is 2.01. The molecule has 0 aliphatic rings. The largest absolute Gasteiger partial charge is 0.477 e. The summed E-state index contributed by atoms with van der Waals surface area (Å²) in [6, 6.07) is 3.74. The molecular weight excluding hydrogens is 218 g/mol. The van der Waals surface area contributed by atoms with Gasteiger partial charge >= 0.3 is 0 Å². The highest BCUT2D eigenvalue weighted by atomic mass is 79.9. The molecule has 0 fully saturated rings. The number of halogens is 1. The van der Waals surface area contributed by atoms with Crippen LogP contribution >= 0.6 is 15.9 Å². The topological polar surface area (TPSA) is 22.1 Å². The second kappa shape index (κ2) is 4.45. The summed E-state index contributed by atoms with van der Waals surface area (Å²) in [5.74, 6) is 1.21. The smallest absolute Gasteiger partial charge is 0.214 e. The molecule has 0 aliphatic heterocycles. The van der Waals surface area contributed by atoms with Crippen LogP contribution in [0.1, 0.15) is 13.8 Å². The van der Waals surface area contributed by atoms with Crippen LogP contribution in [0, 0.1) is 5.92 Å². The van der Waals surface area contributed by atoms with Gasteiger partial charge in [-0.15, -0.1) is 0 Å². The standard InChI is InChI=1S/C9H12BrNO/c1-7(2)6-12-9-5-8(10)3-4-11-9/h3-5,7H,6H2,1-2H3. The highest BCUT2D eigenvalue weighted by Crippen LogP contribution is 2.14. The van der Waals surface area contributed by atoms with Gasteiger partial charge in [-0.1, -0.05) is 29.8 Å². The summed E-state index contributed by atoms with van der Waals surface area (Å²) in [7, 11) is 0. The van der Waals surface area contributed by atoms with E-state index in [4.69, 9.17) is 4.74 Å². The molecule has 2 nitrogen and oxygen atoms in total. The van der Waals surface area contributed by atoms with Crippen molar-refractivity contribution in [2.45, 2.75) is 13.8 Å². The van der Waals surface area contributed by atoms with Gasteiger partial charge in [0.15, 0.2) is 0 Å². The number of pyridine rings is 1. The number of rotatable bonds is 3. The van der Waals surface area contributed by atoms with Gasteiger partial charge in [0.25, 0.3) is 0 Å². The Morgan fingerprint density at radius 2 is 2.33 bits per heavy atom. The molecule has 0 radical (unpaired) electrons. The van der Waals surface area contributed by atoms with Gasteiger partial charge in [0.05, 0.1) is 6.61 Å². The van der Waals surface area contributed by atoms with E-state index < -0.39 is 0 Å². The van der Waals surface area contributed by atoms with Crippen LogP contribution < -0.4 is 4.74 Å². The van der Waals surface area contributed by atoms with E-state index in [2.05, 4.69) is 34.8 Å². The van der Waals surface area contributed by atoms with Gasteiger partial charge in [-0.3, -0.25) is 0 Å². The Labute approximate surface area is 81.1 Å². The van der Waals surface area contributed by atoms with Gasteiger partial charge in [0.2, 0.25) is 5.88 Å². The van der Waals surface area contributed by atoms with Gasteiger partial charge in [-0.25, -0.2) is 4.98 Å². The molecule has 0 aliphatic carbocycles. The molecule has 1 heterocycles. The zero-order chi connectivity index (χ0) is 8.97. The molecule has 0 atom stereocenters. The molecule has 0 saturated heterocycles. The normalized spacial score (nSPS) is 10.3. The summed E-state index contributed by atoms with van der Waals surface area (Å²) in [4.78, 5) is 4.06. The number of aromatic nitrogens is 1. The summed E-state index contributed by atoms with van der Waals surface area (Å²) in [6.07, 6.45) is 1.72. The van der Waals surface area contributed by atoms with Crippen molar-refractivity contribution in [1.82, 2.24) is 4.98 Å². The van der Waals surface area contributed by atoms with Crippen LogP contribution in [0.15, 0.2) is 22.8 Å². The van der Waals surface area contributed by atoms with E-state index in [9.17, 15) is 0 Å². The predicted octanol–water partition coefficient (Wildman–Crippen LogP) is 2.88. The van der Waals surface area contributed by atoms with E-state index in [0.29, 0.717) is 18.4 Å². The minimum atomic E-state index is 0.533. The lowest BCUT2D eigenvalue weighted by Crippen LogP contribution is -2.05. The maximum absolute atomic E-state index is 5.41. The van der Waals surface area contributed by atoms with E-state index in [1.54, 1.807) is 6.20 Å². The summed E-state index contributed by atoms with van der Waals surface area (Å²) in [5, 5.41) is 0. The molecule has 0 aromatic carbocycles. The van der Waals surface area contributed by atoms with Crippen molar-refractivity contribution >= 4 is 15.9 Å². The van der Waals surface area contributed by atoms with Crippen LogP contribution in [-0.2, 0) is 0 Å². The fourth-order valence-electron chi connectivity index (χ4n) is 0.716. The highest BCUT2D eigenvalue weighted by molar-refractivity contribution is 9.10. The van der Waals surface area contributed by atoms with Crippen molar-refractivity contribution in [1.29, 1.82) is 0 Å². The SMILES string of the molecule is CC(C)COc1cc(Br)ccn1. The Morgan fingerprint density at radius 3 is 2.92 bits per heavy atom. The summed E-state index contributed by atoms with van der Waals surface area (Å²) in [5.41, 5.74) is 0. The van der Waals surface area contributed by atoms with Gasteiger partial charge < -0.3 is 4.74 Å². The lowest BCUT2D eigenvalue weighted by Gasteiger charge is -2.06. The van der Waals surface area contributed by atoms with E-state index in [1.165, 1.54) is 0 Å². The molecule has 0 bridgehead atoms. The number of ether oxygens (including phenoxy) is 1. The monoisotopic (exact) mass is 229 g/mol. The zero-order valence-electron chi connectivity index (χ0n) is 7.25. The molecule has 0 saturated carbocycles. The van der Waals surface area contributed by atoms with Crippen molar-refractivity contribution in [2.75, 3.05) is 6.61 Å². The minimum Gasteiger partial charge on any atom is -0.477 e. The van der Waals surface area contributed by atoms with Crippen LogP contribution in [0.5, 0.6) is 5.88 Å². The summed E-state index contributed by atoms with van der Waals surface area (Å²) >= 11 is 3.35. The second-order valence-electron chi connectivity index (χ2n) is 3.02. The Kier molecular flexibility index (Phi) is 3.53. The number of nitrogens with zero attached hydrogens (tertiary/aromatic N) is 1. The van der Waals surface area contributed by atoms with Gasteiger partial charge in [0.1, 0.15) is 0 Å². The third kappa shape index (κ3) is 3.22. The molecule has 3 heteroatoms. The van der Waals surface area contributed by atoms with Gasteiger partial charge in [-0.05, 0) is 12.0 Å². The average molecular weight is 230 g/mol. The van der Waals surface area contributed by atoms with Crippen LogP contribution in [0.4, 0.5) is 0 Å². The fraction of sp³-hybridized carbons (Fsp3) is 0.444. The first kappa shape index (κ1) is 9.52. The Balaban J connectivity index is 2.52. The molecule has 0 unspecified atom stereocenters.